The summed E-state index contributed by atoms with van der Waals surface area (Å²) >= 11 is 1.48. The molecule has 0 aliphatic carbocycles. The minimum absolute atomic E-state index is 0.149. The number of thiazole rings is 1. The second-order valence-electron chi connectivity index (χ2n) is 3.10. The van der Waals surface area contributed by atoms with Crippen LogP contribution in [0.1, 0.15) is 30.9 Å². The number of aliphatic hydroxyl groups is 1. The number of aromatic nitrogens is 1. The molecule has 0 saturated heterocycles. The zero-order valence-corrected chi connectivity index (χ0v) is 8.63. The maximum atomic E-state index is 9.87. The van der Waals surface area contributed by atoms with Crippen molar-refractivity contribution >= 4 is 11.3 Å². The average Bonchev–Trinajstić information content (AvgIpc) is 2.65. The number of rotatable bonds is 5. The lowest BCUT2D eigenvalue weighted by atomic mass is 9.98. The van der Waals surface area contributed by atoms with Gasteiger partial charge in [0.15, 0.2) is 0 Å². The van der Waals surface area contributed by atoms with Gasteiger partial charge in [-0.05, 0) is 13.0 Å². The summed E-state index contributed by atoms with van der Waals surface area (Å²) in [4.78, 5) is 4.08. The molecule has 0 bridgehead atoms. The number of hydrogen-bond donors (Lipinski definition) is 2. The second-order valence-corrected chi connectivity index (χ2v) is 4.03. The fourth-order valence-corrected chi connectivity index (χ4v) is 2.07. The largest absolute Gasteiger partial charge is 0.386 e. The number of nitrogens with two attached hydrogens (primary N) is 1. The van der Waals surface area contributed by atoms with Crippen LogP contribution in [0.4, 0.5) is 0 Å². The zero-order chi connectivity index (χ0) is 9.68. The van der Waals surface area contributed by atoms with E-state index >= 15 is 0 Å². The third-order valence-corrected chi connectivity index (χ3v) is 2.96. The molecule has 0 radical (unpaired) electrons. The van der Waals surface area contributed by atoms with Gasteiger partial charge in [-0.25, -0.2) is 4.98 Å². The average molecular weight is 200 g/mol. The molecule has 4 heteroatoms. The Hall–Kier alpha value is -0.450. The first kappa shape index (κ1) is 10.6. The van der Waals surface area contributed by atoms with Crippen LogP contribution >= 0.6 is 11.3 Å². The van der Waals surface area contributed by atoms with Crippen molar-refractivity contribution in [2.45, 2.75) is 25.9 Å². The van der Waals surface area contributed by atoms with E-state index < -0.39 is 6.10 Å². The van der Waals surface area contributed by atoms with Gasteiger partial charge in [-0.2, -0.15) is 0 Å². The van der Waals surface area contributed by atoms with Crippen LogP contribution in [-0.4, -0.2) is 16.6 Å². The summed E-state index contributed by atoms with van der Waals surface area (Å²) in [5.74, 6) is 0.149. The molecule has 2 atom stereocenters. The summed E-state index contributed by atoms with van der Waals surface area (Å²) in [5.41, 5.74) is 5.58. The number of nitrogens with zero attached hydrogens (tertiary/aromatic N) is 1. The van der Waals surface area contributed by atoms with E-state index in [0.717, 1.165) is 17.8 Å². The molecule has 0 aliphatic heterocycles. The summed E-state index contributed by atoms with van der Waals surface area (Å²) in [6.45, 7) is 2.62. The summed E-state index contributed by atoms with van der Waals surface area (Å²) in [6, 6.07) is 0. The van der Waals surface area contributed by atoms with Gasteiger partial charge < -0.3 is 10.8 Å². The molecular weight excluding hydrogens is 184 g/mol. The highest BCUT2D eigenvalue weighted by Gasteiger charge is 2.20. The predicted molar refractivity (Wildman–Crippen MR) is 54.5 cm³/mol. The first-order chi connectivity index (χ1) is 6.29. The van der Waals surface area contributed by atoms with Crippen LogP contribution in [0.25, 0.3) is 0 Å². The smallest absolute Gasteiger partial charge is 0.121 e. The van der Waals surface area contributed by atoms with Crippen LogP contribution in [0.15, 0.2) is 11.6 Å². The molecule has 74 valence electrons. The molecule has 0 fully saturated rings. The van der Waals surface area contributed by atoms with Crippen molar-refractivity contribution in [1.29, 1.82) is 0 Å². The molecule has 3 nitrogen and oxygen atoms in total. The van der Waals surface area contributed by atoms with E-state index in [1.807, 2.05) is 5.38 Å². The van der Waals surface area contributed by atoms with Gasteiger partial charge in [0.2, 0.25) is 0 Å². The Kier molecular flexibility index (Phi) is 4.35. The van der Waals surface area contributed by atoms with E-state index in [1.165, 1.54) is 11.3 Å². The van der Waals surface area contributed by atoms with E-state index in [-0.39, 0.29) is 5.92 Å². The van der Waals surface area contributed by atoms with Gasteiger partial charge >= 0.3 is 0 Å². The molecule has 0 spiro atoms. The highest BCUT2D eigenvalue weighted by molar-refractivity contribution is 7.09. The number of aliphatic hydroxyl groups excluding tert-OH is 1. The maximum absolute atomic E-state index is 9.87. The van der Waals surface area contributed by atoms with Crippen molar-refractivity contribution in [3.63, 3.8) is 0 Å². The Morgan fingerprint density at radius 2 is 2.46 bits per heavy atom. The Morgan fingerprint density at radius 3 is 2.92 bits per heavy atom. The highest BCUT2D eigenvalue weighted by Crippen LogP contribution is 2.26. The van der Waals surface area contributed by atoms with Gasteiger partial charge in [-0.15, -0.1) is 11.3 Å². The van der Waals surface area contributed by atoms with Crippen LogP contribution in [0, 0.1) is 5.92 Å². The standard InChI is InChI=1S/C9H16N2OS/c1-2-3-7(6-10)8(12)9-11-4-5-13-9/h4-5,7-8,12H,2-3,6,10H2,1H3. The Labute approximate surface area is 82.6 Å². The van der Waals surface area contributed by atoms with Gasteiger partial charge in [0.1, 0.15) is 11.1 Å². The molecule has 2 unspecified atom stereocenters. The van der Waals surface area contributed by atoms with E-state index in [2.05, 4.69) is 11.9 Å². The molecule has 13 heavy (non-hydrogen) atoms. The monoisotopic (exact) mass is 200 g/mol. The third-order valence-electron chi connectivity index (χ3n) is 2.11. The van der Waals surface area contributed by atoms with Gasteiger partial charge in [-0.3, -0.25) is 0 Å². The van der Waals surface area contributed by atoms with Crippen LogP contribution in [0.5, 0.6) is 0 Å². The molecule has 1 aromatic heterocycles. The molecule has 0 amide bonds. The van der Waals surface area contributed by atoms with E-state index in [0.29, 0.717) is 6.54 Å². The zero-order valence-electron chi connectivity index (χ0n) is 7.81. The van der Waals surface area contributed by atoms with Crippen molar-refractivity contribution < 1.29 is 5.11 Å². The predicted octanol–water partition coefficient (Wildman–Crippen LogP) is 1.55. The van der Waals surface area contributed by atoms with Crippen LogP contribution in [0.2, 0.25) is 0 Å². The van der Waals surface area contributed by atoms with Gasteiger partial charge in [0.25, 0.3) is 0 Å². The van der Waals surface area contributed by atoms with Crippen LogP contribution in [0.3, 0.4) is 0 Å². The Bertz CT molecular complexity index is 226. The third kappa shape index (κ3) is 2.76. The molecular formula is C9H16N2OS. The normalized spacial score (nSPS) is 15.6. The van der Waals surface area contributed by atoms with Crippen LogP contribution < -0.4 is 5.73 Å². The van der Waals surface area contributed by atoms with Crippen molar-refractivity contribution in [2.75, 3.05) is 6.54 Å². The topological polar surface area (TPSA) is 59.1 Å². The summed E-state index contributed by atoms with van der Waals surface area (Å²) in [6.07, 6.45) is 3.23. The molecule has 1 aromatic rings. The van der Waals surface area contributed by atoms with E-state index in [1.54, 1.807) is 6.20 Å². The molecule has 0 saturated carbocycles. The second kappa shape index (κ2) is 5.32. The van der Waals surface area contributed by atoms with Gasteiger partial charge in [0.05, 0.1) is 0 Å². The Balaban J connectivity index is 2.58. The molecule has 0 aliphatic rings. The minimum atomic E-state index is -0.482. The minimum Gasteiger partial charge on any atom is -0.386 e. The fourth-order valence-electron chi connectivity index (χ4n) is 1.36. The molecule has 0 aromatic carbocycles. The molecule has 1 rings (SSSR count). The van der Waals surface area contributed by atoms with E-state index in [9.17, 15) is 5.11 Å². The quantitative estimate of drug-likeness (QED) is 0.758. The summed E-state index contributed by atoms with van der Waals surface area (Å²) < 4.78 is 0. The van der Waals surface area contributed by atoms with Crippen molar-refractivity contribution in [2.24, 2.45) is 11.7 Å². The van der Waals surface area contributed by atoms with Gasteiger partial charge in [-0.1, -0.05) is 13.3 Å². The van der Waals surface area contributed by atoms with Crippen molar-refractivity contribution in [1.82, 2.24) is 4.98 Å². The lowest BCUT2D eigenvalue weighted by Gasteiger charge is -2.18. The lowest BCUT2D eigenvalue weighted by Crippen LogP contribution is -2.21. The first-order valence-corrected chi connectivity index (χ1v) is 5.45. The first-order valence-electron chi connectivity index (χ1n) is 4.57. The van der Waals surface area contributed by atoms with Crippen molar-refractivity contribution in [3.05, 3.63) is 16.6 Å². The molecule has 3 N–H and O–H groups in total. The van der Waals surface area contributed by atoms with Crippen LogP contribution in [-0.2, 0) is 0 Å². The number of hydrogen-bond acceptors (Lipinski definition) is 4. The Morgan fingerprint density at radius 1 is 1.69 bits per heavy atom. The SMILES string of the molecule is CCCC(CN)C(O)c1nccs1. The summed E-state index contributed by atoms with van der Waals surface area (Å²) in [5, 5.41) is 12.5. The highest BCUT2D eigenvalue weighted by atomic mass is 32.1. The van der Waals surface area contributed by atoms with E-state index in [4.69, 9.17) is 5.73 Å². The maximum Gasteiger partial charge on any atom is 0.121 e. The fraction of sp³-hybridized carbons (Fsp3) is 0.667. The van der Waals surface area contributed by atoms with Crippen molar-refractivity contribution in [3.8, 4) is 0 Å². The molecule has 1 heterocycles. The summed E-state index contributed by atoms with van der Waals surface area (Å²) in [7, 11) is 0. The van der Waals surface area contributed by atoms with Gasteiger partial charge in [0, 0.05) is 17.5 Å². The lowest BCUT2D eigenvalue weighted by molar-refractivity contribution is 0.106.